The lowest BCUT2D eigenvalue weighted by Crippen LogP contribution is -2.44. The summed E-state index contributed by atoms with van der Waals surface area (Å²) >= 11 is 1.74. The molecule has 0 aliphatic heterocycles. The molecule has 0 spiro atoms. The first-order valence-corrected chi connectivity index (χ1v) is 7.51. The molecule has 0 saturated heterocycles. The van der Waals surface area contributed by atoms with Crippen LogP contribution in [0.2, 0.25) is 0 Å². The molecule has 0 bridgehead atoms. The number of hydrogen-bond acceptors (Lipinski definition) is 3. The molecule has 0 fully saturated rings. The molecular weight excluding hydrogens is 244 g/mol. The van der Waals surface area contributed by atoms with Crippen LogP contribution in [-0.4, -0.2) is 18.5 Å². The Morgan fingerprint density at radius 3 is 2.61 bits per heavy atom. The van der Waals surface area contributed by atoms with Gasteiger partial charge in [-0.25, -0.2) is 0 Å². The maximum Gasteiger partial charge on any atom is 0.236 e. The SMILES string of the molecule is CCCNC(=O)C(C)NC(c1cccs1)C(C)C. The highest BCUT2D eigenvalue weighted by Gasteiger charge is 2.21. The second-order valence-corrected chi connectivity index (χ2v) is 5.90. The second kappa shape index (κ2) is 7.54. The van der Waals surface area contributed by atoms with Gasteiger partial charge in [-0.15, -0.1) is 11.3 Å². The van der Waals surface area contributed by atoms with Crippen molar-refractivity contribution in [3.8, 4) is 0 Å². The summed E-state index contributed by atoms with van der Waals surface area (Å²) in [5.74, 6) is 0.545. The molecule has 18 heavy (non-hydrogen) atoms. The van der Waals surface area contributed by atoms with Crippen molar-refractivity contribution < 1.29 is 4.79 Å². The van der Waals surface area contributed by atoms with Gasteiger partial charge in [0.05, 0.1) is 6.04 Å². The Labute approximate surface area is 114 Å². The van der Waals surface area contributed by atoms with Crippen molar-refractivity contribution in [3.63, 3.8) is 0 Å². The first-order chi connectivity index (χ1) is 8.56. The maximum atomic E-state index is 11.9. The average Bonchev–Trinajstić information content (AvgIpc) is 2.85. The van der Waals surface area contributed by atoms with E-state index < -0.39 is 0 Å². The lowest BCUT2D eigenvalue weighted by Gasteiger charge is -2.25. The topological polar surface area (TPSA) is 41.1 Å². The predicted molar refractivity (Wildman–Crippen MR) is 77.8 cm³/mol. The second-order valence-electron chi connectivity index (χ2n) is 4.92. The first-order valence-electron chi connectivity index (χ1n) is 6.63. The molecule has 1 amide bonds. The molecule has 4 heteroatoms. The van der Waals surface area contributed by atoms with Gasteiger partial charge in [-0.05, 0) is 30.7 Å². The van der Waals surface area contributed by atoms with E-state index in [0.29, 0.717) is 5.92 Å². The lowest BCUT2D eigenvalue weighted by molar-refractivity contribution is -0.123. The Morgan fingerprint density at radius 1 is 1.39 bits per heavy atom. The molecule has 1 aromatic rings. The van der Waals surface area contributed by atoms with E-state index in [9.17, 15) is 4.79 Å². The third-order valence-corrected chi connectivity index (χ3v) is 3.84. The van der Waals surface area contributed by atoms with Crippen molar-refractivity contribution in [2.75, 3.05) is 6.54 Å². The first kappa shape index (κ1) is 15.2. The normalized spacial score (nSPS) is 14.5. The van der Waals surface area contributed by atoms with Crippen LogP contribution in [0.15, 0.2) is 17.5 Å². The van der Waals surface area contributed by atoms with Gasteiger partial charge in [0.1, 0.15) is 0 Å². The number of nitrogens with one attached hydrogen (secondary N) is 2. The van der Waals surface area contributed by atoms with Gasteiger partial charge in [0, 0.05) is 17.5 Å². The van der Waals surface area contributed by atoms with Gasteiger partial charge >= 0.3 is 0 Å². The molecule has 0 saturated carbocycles. The molecule has 1 heterocycles. The van der Waals surface area contributed by atoms with Crippen LogP contribution in [0.25, 0.3) is 0 Å². The minimum atomic E-state index is -0.161. The number of rotatable bonds is 7. The molecule has 3 nitrogen and oxygen atoms in total. The zero-order valence-corrected chi connectivity index (χ0v) is 12.5. The van der Waals surface area contributed by atoms with E-state index in [1.54, 1.807) is 11.3 Å². The summed E-state index contributed by atoms with van der Waals surface area (Å²) in [4.78, 5) is 13.2. The van der Waals surface area contributed by atoms with Gasteiger partial charge in [0.15, 0.2) is 0 Å². The third kappa shape index (κ3) is 4.42. The van der Waals surface area contributed by atoms with Crippen molar-refractivity contribution in [1.82, 2.24) is 10.6 Å². The molecule has 0 aliphatic carbocycles. The Kier molecular flexibility index (Phi) is 6.36. The molecule has 2 unspecified atom stereocenters. The van der Waals surface area contributed by atoms with E-state index in [1.165, 1.54) is 4.88 Å². The quantitative estimate of drug-likeness (QED) is 0.798. The zero-order chi connectivity index (χ0) is 13.5. The molecule has 0 radical (unpaired) electrons. The summed E-state index contributed by atoms with van der Waals surface area (Å²) in [6, 6.07) is 4.26. The monoisotopic (exact) mass is 268 g/mol. The Bertz CT molecular complexity index is 349. The summed E-state index contributed by atoms with van der Waals surface area (Å²) < 4.78 is 0. The molecule has 1 rings (SSSR count). The minimum absolute atomic E-state index is 0.0825. The van der Waals surface area contributed by atoms with Gasteiger partial charge in [-0.2, -0.15) is 0 Å². The summed E-state index contributed by atoms with van der Waals surface area (Å²) in [5.41, 5.74) is 0. The van der Waals surface area contributed by atoms with Gasteiger partial charge in [0.25, 0.3) is 0 Å². The molecule has 1 aromatic heterocycles. The minimum Gasteiger partial charge on any atom is -0.355 e. The Morgan fingerprint density at radius 2 is 2.11 bits per heavy atom. The largest absolute Gasteiger partial charge is 0.355 e. The van der Waals surface area contributed by atoms with Crippen molar-refractivity contribution in [1.29, 1.82) is 0 Å². The van der Waals surface area contributed by atoms with Crippen molar-refractivity contribution in [2.45, 2.75) is 46.2 Å². The van der Waals surface area contributed by atoms with Crippen LogP contribution in [0.4, 0.5) is 0 Å². The summed E-state index contributed by atoms with van der Waals surface area (Å²) in [7, 11) is 0. The predicted octanol–water partition coefficient (Wildman–Crippen LogP) is 2.95. The molecular formula is C14H24N2OS. The maximum absolute atomic E-state index is 11.9. The van der Waals surface area contributed by atoms with Crippen LogP contribution >= 0.6 is 11.3 Å². The number of amides is 1. The van der Waals surface area contributed by atoms with E-state index >= 15 is 0 Å². The highest BCUT2D eigenvalue weighted by molar-refractivity contribution is 7.10. The highest BCUT2D eigenvalue weighted by Crippen LogP contribution is 2.26. The van der Waals surface area contributed by atoms with Gasteiger partial charge in [-0.3, -0.25) is 10.1 Å². The van der Waals surface area contributed by atoms with Crippen molar-refractivity contribution in [3.05, 3.63) is 22.4 Å². The van der Waals surface area contributed by atoms with E-state index in [4.69, 9.17) is 0 Å². The van der Waals surface area contributed by atoms with Gasteiger partial charge < -0.3 is 5.32 Å². The summed E-state index contributed by atoms with van der Waals surface area (Å²) in [5, 5.41) is 8.43. The zero-order valence-electron chi connectivity index (χ0n) is 11.7. The van der Waals surface area contributed by atoms with Crippen LogP contribution in [-0.2, 0) is 4.79 Å². The molecule has 2 N–H and O–H groups in total. The standard InChI is InChI=1S/C14H24N2OS/c1-5-8-15-14(17)11(4)16-13(10(2)3)12-7-6-9-18-12/h6-7,9-11,13,16H,5,8H2,1-4H3,(H,15,17). The van der Waals surface area contributed by atoms with E-state index in [0.717, 1.165) is 13.0 Å². The number of carbonyl (C=O) groups is 1. The van der Waals surface area contributed by atoms with Gasteiger partial charge in [0.2, 0.25) is 5.91 Å². The third-order valence-electron chi connectivity index (χ3n) is 2.89. The van der Waals surface area contributed by atoms with E-state index in [1.807, 2.05) is 6.92 Å². The Balaban J connectivity index is 2.59. The van der Waals surface area contributed by atoms with Gasteiger partial charge in [-0.1, -0.05) is 26.8 Å². The number of carbonyl (C=O) groups excluding carboxylic acids is 1. The summed E-state index contributed by atoms with van der Waals surface area (Å²) in [6.07, 6.45) is 0.969. The van der Waals surface area contributed by atoms with Crippen molar-refractivity contribution >= 4 is 17.2 Å². The highest BCUT2D eigenvalue weighted by atomic mass is 32.1. The fourth-order valence-corrected chi connectivity index (χ4v) is 2.78. The van der Waals surface area contributed by atoms with Crippen LogP contribution in [0.3, 0.4) is 0 Å². The molecule has 2 atom stereocenters. The average molecular weight is 268 g/mol. The molecule has 0 aromatic carbocycles. The Hall–Kier alpha value is -0.870. The number of hydrogen-bond donors (Lipinski definition) is 2. The van der Waals surface area contributed by atoms with E-state index in [-0.39, 0.29) is 18.0 Å². The van der Waals surface area contributed by atoms with Crippen molar-refractivity contribution in [2.24, 2.45) is 5.92 Å². The van der Waals surface area contributed by atoms with Crippen LogP contribution in [0.1, 0.15) is 45.0 Å². The molecule has 102 valence electrons. The van der Waals surface area contributed by atoms with Crippen LogP contribution < -0.4 is 10.6 Å². The molecule has 0 aliphatic rings. The van der Waals surface area contributed by atoms with Crippen LogP contribution in [0.5, 0.6) is 0 Å². The van der Waals surface area contributed by atoms with E-state index in [2.05, 4.69) is 48.9 Å². The lowest BCUT2D eigenvalue weighted by atomic mass is 10.0. The fraction of sp³-hybridized carbons (Fsp3) is 0.643. The number of thiophene rings is 1. The summed E-state index contributed by atoms with van der Waals surface area (Å²) in [6.45, 7) is 9.08. The van der Waals surface area contributed by atoms with Crippen LogP contribution in [0, 0.1) is 5.92 Å². The smallest absolute Gasteiger partial charge is 0.236 e. The fourth-order valence-electron chi connectivity index (χ4n) is 1.82.